The van der Waals surface area contributed by atoms with Gasteiger partial charge >= 0.3 is 22.4 Å². The SMILES string of the molecule is CNCCCCOC(=O)[C@@H]1CC[C@@H]2CN1C(=O)N2OS(=O)(=O)O. The fourth-order valence-corrected chi connectivity index (χ4v) is 3.14. The molecule has 0 unspecified atom stereocenters. The Balaban J connectivity index is 1.89. The van der Waals surface area contributed by atoms with Gasteiger partial charge in [0, 0.05) is 6.54 Å². The van der Waals surface area contributed by atoms with Gasteiger partial charge in [-0.15, -0.1) is 4.28 Å². The Morgan fingerprint density at radius 3 is 2.78 bits per heavy atom. The number of unbranched alkanes of at least 4 members (excludes halogenated alkanes) is 1. The van der Waals surface area contributed by atoms with Crippen LogP contribution in [0.3, 0.4) is 0 Å². The average molecular weight is 351 g/mol. The first-order valence-electron chi connectivity index (χ1n) is 7.41. The number of esters is 1. The van der Waals surface area contributed by atoms with Crippen molar-refractivity contribution in [3.63, 3.8) is 0 Å². The molecule has 0 aromatic carbocycles. The summed E-state index contributed by atoms with van der Waals surface area (Å²) in [6.45, 7) is 1.26. The van der Waals surface area contributed by atoms with Crippen molar-refractivity contribution in [2.75, 3.05) is 26.7 Å². The van der Waals surface area contributed by atoms with Crippen LogP contribution in [-0.4, -0.2) is 73.8 Å². The van der Waals surface area contributed by atoms with E-state index in [1.165, 1.54) is 4.90 Å². The summed E-state index contributed by atoms with van der Waals surface area (Å²) in [5.41, 5.74) is 0. The second kappa shape index (κ2) is 7.43. The van der Waals surface area contributed by atoms with E-state index in [0.29, 0.717) is 24.3 Å². The van der Waals surface area contributed by atoms with Crippen LogP contribution in [0, 0.1) is 0 Å². The number of fused-ring (bicyclic) bond motifs is 2. The highest BCUT2D eigenvalue weighted by Crippen LogP contribution is 2.31. The molecule has 2 saturated heterocycles. The second-order valence-electron chi connectivity index (χ2n) is 5.49. The van der Waals surface area contributed by atoms with Crippen molar-refractivity contribution >= 4 is 22.4 Å². The van der Waals surface area contributed by atoms with Gasteiger partial charge in [0.1, 0.15) is 6.04 Å². The van der Waals surface area contributed by atoms with Gasteiger partial charge in [0.05, 0.1) is 12.6 Å². The smallest absolute Gasteiger partial charge is 0.418 e. The Bertz CT molecular complexity index is 553. The fourth-order valence-electron chi connectivity index (χ4n) is 2.75. The molecule has 0 radical (unpaired) electrons. The van der Waals surface area contributed by atoms with Gasteiger partial charge < -0.3 is 15.0 Å². The first kappa shape index (κ1) is 17.9. The Hall–Kier alpha value is -1.43. The molecule has 2 N–H and O–H groups in total. The molecule has 2 bridgehead atoms. The lowest BCUT2D eigenvalue weighted by Gasteiger charge is -2.28. The molecule has 2 fully saturated rings. The maximum Gasteiger partial charge on any atom is 0.418 e. The fraction of sp³-hybridized carbons (Fsp3) is 0.833. The van der Waals surface area contributed by atoms with Crippen molar-refractivity contribution in [1.82, 2.24) is 15.3 Å². The van der Waals surface area contributed by atoms with Crippen LogP contribution in [0.4, 0.5) is 4.79 Å². The molecule has 0 aromatic rings. The number of rotatable bonds is 8. The molecule has 2 amide bonds. The summed E-state index contributed by atoms with van der Waals surface area (Å²) in [7, 11) is -2.95. The minimum atomic E-state index is -4.78. The van der Waals surface area contributed by atoms with E-state index in [-0.39, 0.29) is 13.2 Å². The number of carbonyl (C=O) groups excluding carboxylic acids is 2. The quantitative estimate of drug-likeness (QED) is 0.342. The number of urea groups is 1. The number of nitrogens with zero attached hydrogens (tertiary/aromatic N) is 2. The van der Waals surface area contributed by atoms with Gasteiger partial charge in [0.25, 0.3) is 0 Å². The molecule has 2 aliphatic rings. The highest BCUT2D eigenvalue weighted by molar-refractivity contribution is 7.80. The molecule has 132 valence electrons. The first-order valence-corrected chi connectivity index (χ1v) is 8.78. The first-order chi connectivity index (χ1) is 10.8. The van der Waals surface area contributed by atoms with Crippen LogP contribution in [0.15, 0.2) is 0 Å². The van der Waals surface area contributed by atoms with Crippen LogP contribution in [0.2, 0.25) is 0 Å². The highest BCUT2D eigenvalue weighted by atomic mass is 32.3. The molecule has 2 rings (SSSR count). The molecule has 0 saturated carbocycles. The molecular formula is C12H21N3O7S. The summed E-state index contributed by atoms with van der Waals surface area (Å²) < 4.78 is 39.8. The van der Waals surface area contributed by atoms with E-state index in [0.717, 1.165) is 13.0 Å². The van der Waals surface area contributed by atoms with E-state index in [4.69, 9.17) is 9.29 Å². The summed E-state index contributed by atoms with van der Waals surface area (Å²) in [4.78, 5) is 25.4. The number of hydrogen-bond acceptors (Lipinski definition) is 7. The Kier molecular flexibility index (Phi) is 5.79. The van der Waals surface area contributed by atoms with Crippen LogP contribution >= 0.6 is 0 Å². The molecule has 10 nitrogen and oxygen atoms in total. The van der Waals surface area contributed by atoms with Crippen molar-refractivity contribution in [3.05, 3.63) is 0 Å². The summed E-state index contributed by atoms with van der Waals surface area (Å²) in [6.07, 6.45) is 2.33. The van der Waals surface area contributed by atoms with Crippen molar-refractivity contribution in [1.29, 1.82) is 0 Å². The van der Waals surface area contributed by atoms with Gasteiger partial charge in [-0.2, -0.15) is 13.5 Å². The molecule has 0 aliphatic carbocycles. The van der Waals surface area contributed by atoms with Crippen LogP contribution in [-0.2, 0) is 24.2 Å². The molecule has 2 heterocycles. The zero-order valence-electron chi connectivity index (χ0n) is 12.8. The predicted octanol–water partition coefficient (Wildman–Crippen LogP) is -0.468. The maximum absolute atomic E-state index is 12.1. The summed E-state index contributed by atoms with van der Waals surface area (Å²) in [5.74, 6) is -0.505. The largest absolute Gasteiger partial charge is 0.464 e. The van der Waals surface area contributed by atoms with E-state index >= 15 is 0 Å². The molecule has 0 spiro atoms. The number of piperidine rings is 1. The highest BCUT2D eigenvalue weighted by Gasteiger charge is 2.49. The van der Waals surface area contributed by atoms with E-state index in [9.17, 15) is 18.0 Å². The van der Waals surface area contributed by atoms with Gasteiger partial charge in [-0.05, 0) is 39.3 Å². The Labute approximate surface area is 134 Å². The third kappa shape index (κ3) is 4.53. The maximum atomic E-state index is 12.1. The number of nitrogens with one attached hydrogen (secondary N) is 1. The lowest BCUT2D eigenvalue weighted by atomic mass is 10.0. The van der Waals surface area contributed by atoms with Gasteiger partial charge in [-0.1, -0.05) is 0 Å². The molecule has 2 atom stereocenters. The monoisotopic (exact) mass is 351 g/mol. The van der Waals surface area contributed by atoms with Crippen LogP contribution in [0.5, 0.6) is 0 Å². The lowest BCUT2D eigenvalue weighted by molar-refractivity contribution is -0.149. The van der Waals surface area contributed by atoms with Gasteiger partial charge in [-0.25, -0.2) is 9.59 Å². The van der Waals surface area contributed by atoms with Crippen molar-refractivity contribution in [2.24, 2.45) is 0 Å². The molecular weight excluding hydrogens is 330 g/mol. The molecule has 23 heavy (non-hydrogen) atoms. The third-order valence-electron chi connectivity index (χ3n) is 3.83. The molecule has 2 aliphatic heterocycles. The van der Waals surface area contributed by atoms with Crippen LogP contribution < -0.4 is 5.32 Å². The van der Waals surface area contributed by atoms with E-state index in [2.05, 4.69) is 9.60 Å². The zero-order chi connectivity index (χ0) is 17.0. The van der Waals surface area contributed by atoms with E-state index in [1.807, 2.05) is 7.05 Å². The van der Waals surface area contributed by atoms with Gasteiger partial charge in [0.2, 0.25) is 0 Å². The van der Waals surface area contributed by atoms with E-state index < -0.39 is 34.5 Å². The third-order valence-corrected chi connectivity index (χ3v) is 4.18. The lowest BCUT2D eigenvalue weighted by Crippen LogP contribution is -2.45. The summed E-state index contributed by atoms with van der Waals surface area (Å²) in [5, 5.41) is 3.59. The minimum Gasteiger partial charge on any atom is -0.464 e. The Morgan fingerprint density at radius 1 is 1.39 bits per heavy atom. The average Bonchev–Trinajstić information content (AvgIpc) is 2.71. The van der Waals surface area contributed by atoms with Gasteiger partial charge in [0.15, 0.2) is 0 Å². The van der Waals surface area contributed by atoms with E-state index in [1.54, 1.807) is 0 Å². The normalized spacial score (nSPS) is 24.2. The number of ether oxygens (including phenoxy) is 1. The number of carbonyl (C=O) groups is 2. The number of amides is 2. The van der Waals surface area contributed by atoms with Crippen LogP contribution in [0.25, 0.3) is 0 Å². The van der Waals surface area contributed by atoms with Gasteiger partial charge in [-0.3, -0.25) is 4.55 Å². The topological polar surface area (TPSA) is 125 Å². The number of hydrogen-bond donors (Lipinski definition) is 2. The standard InChI is InChI=1S/C12H21N3O7S/c1-13-6-2-3-7-21-11(16)10-5-4-9-8-14(10)12(17)15(9)22-23(18,19)20/h9-10,13H,2-8H2,1H3,(H,18,19,20)/t9-,10+/m1/s1. The predicted molar refractivity (Wildman–Crippen MR) is 77.5 cm³/mol. The molecule has 11 heteroatoms. The zero-order valence-corrected chi connectivity index (χ0v) is 13.6. The Morgan fingerprint density at radius 2 is 2.13 bits per heavy atom. The molecule has 0 aromatic heterocycles. The van der Waals surface area contributed by atoms with Crippen molar-refractivity contribution < 1.29 is 31.6 Å². The van der Waals surface area contributed by atoms with Crippen molar-refractivity contribution in [2.45, 2.75) is 37.8 Å². The second-order valence-corrected chi connectivity index (χ2v) is 6.49. The summed E-state index contributed by atoms with van der Waals surface area (Å²) in [6, 6.07) is -2.02. The van der Waals surface area contributed by atoms with Crippen LogP contribution in [0.1, 0.15) is 25.7 Å². The minimum absolute atomic E-state index is 0.161. The number of hydroxylamine groups is 2. The van der Waals surface area contributed by atoms with Crippen molar-refractivity contribution in [3.8, 4) is 0 Å². The summed E-state index contributed by atoms with van der Waals surface area (Å²) >= 11 is 0.